The molecule has 1 unspecified atom stereocenters. The van der Waals surface area contributed by atoms with Crippen LogP contribution in [0.4, 0.5) is 4.39 Å². The summed E-state index contributed by atoms with van der Waals surface area (Å²) in [5.41, 5.74) is 0.883. The first-order valence-corrected chi connectivity index (χ1v) is 8.68. The molecule has 0 fully saturated rings. The highest BCUT2D eigenvalue weighted by atomic mass is 35.5. The van der Waals surface area contributed by atoms with Gasteiger partial charge in [0.2, 0.25) is 5.43 Å². The van der Waals surface area contributed by atoms with Gasteiger partial charge in [0.05, 0.1) is 16.6 Å². The first-order valence-electron chi connectivity index (χ1n) is 8.30. The van der Waals surface area contributed by atoms with E-state index in [1.54, 1.807) is 4.57 Å². The van der Waals surface area contributed by atoms with E-state index >= 15 is 0 Å². The fourth-order valence-electron chi connectivity index (χ4n) is 2.91. The van der Waals surface area contributed by atoms with E-state index in [1.807, 2.05) is 44.2 Å². The van der Waals surface area contributed by atoms with Crippen LogP contribution in [0.25, 0.3) is 10.9 Å². The van der Waals surface area contributed by atoms with Gasteiger partial charge in [0.15, 0.2) is 0 Å². The molecule has 1 atom stereocenters. The molecule has 0 aliphatic heterocycles. The number of hydrogen-bond donors (Lipinski definition) is 1. The molecule has 1 heterocycles. The van der Waals surface area contributed by atoms with E-state index in [-0.39, 0.29) is 22.0 Å². The molecular weight excluding hydrogens is 355 g/mol. The number of aromatic nitrogens is 1. The van der Waals surface area contributed by atoms with E-state index in [0.29, 0.717) is 12.1 Å². The topological polar surface area (TPSA) is 51.1 Å². The predicted molar refractivity (Wildman–Crippen MR) is 101 cm³/mol. The molecule has 6 heteroatoms. The number of fused-ring (bicyclic) bond motifs is 1. The van der Waals surface area contributed by atoms with Crippen LogP contribution in [0.1, 0.15) is 35.8 Å². The van der Waals surface area contributed by atoms with Crippen LogP contribution in [-0.2, 0) is 6.54 Å². The van der Waals surface area contributed by atoms with Crippen LogP contribution in [0.2, 0.25) is 5.02 Å². The van der Waals surface area contributed by atoms with Crippen LogP contribution < -0.4 is 10.7 Å². The number of amides is 1. The van der Waals surface area contributed by atoms with Crippen LogP contribution in [0.3, 0.4) is 0 Å². The summed E-state index contributed by atoms with van der Waals surface area (Å²) in [4.78, 5) is 25.4. The molecule has 1 aromatic heterocycles. The highest BCUT2D eigenvalue weighted by molar-refractivity contribution is 6.31. The summed E-state index contributed by atoms with van der Waals surface area (Å²) in [6, 6.07) is 11.7. The Balaban J connectivity index is 2.04. The van der Waals surface area contributed by atoms with Crippen LogP contribution in [0, 0.1) is 5.82 Å². The van der Waals surface area contributed by atoms with Crippen molar-refractivity contribution < 1.29 is 9.18 Å². The molecule has 0 saturated carbocycles. The smallest absolute Gasteiger partial charge is 0.257 e. The van der Waals surface area contributed by atoms with Crippen molar-refractivity contribution in [3.05, 3.63) is 80.9 Å². The average Bonchev–Trinajstić information content (AvgIpc) is 2.64. The zero-order chi connectivity index (χ0) is 18.8. The van der Waals surface area contributed by atoms with Crippen molar-refractivity contribution in [1.82, 2.24) is 9.88 Å². The average molecular weight is 373 g/mol. The fourth-order valence-corrected chi connectivity index (χ4v) is 3.07. The lowest BCUT2D eigenvalue weighted by Gasteiger charge is -2.16. The fraction of sp³-hybridized carbons (Fsp3) is 0.200. The third-order valence-electron chi connectivity index (χ3n) is 4.35. The Morgan fingerprint density at radius 1 is 1.27 bits per heavy atom. The number of halogens is 2. The highest BCUT2D eigenvalue weighted by Gasteiger charge is 2.18. The van der Waals surface area contributed by atoms with Crippen molar-refractivity contribution in [3.63, 3.8) is 0 Å². The van der Waals surface area contributed by atoms with Crippen LogP contribution in [0.15, 0.2) is 53.5 Å². The lowest BCUT2D eigenvalue weighted by molar-refractivity contribution is 0.0938. The van der Waals surface area contributed by atoms with Crippen molar-refractivity contribution in [2.45, 2.75) is 26.4 Å². The van der Waals surface area contributed by atoms with Gasteiger partial charge in [-0.1, -0.05) is 41.9 Å². The Morgan fingerprint density at radius 2 is 1.96 bits per heavy atom. The van der Waals surface area contributed by atoms with Gasteiger partial charge in [-0.05, 0) is 31.5 Å². The van der Waals surface area contributed by atoms with E-state index in [1.165, 1.54) is 12.3 Å². The second kappa shape index (κ2) is 7.30. The highest BCUT2D eigenvalue weighted by Crippen LogP contribution is 2.22. The maximum absolute atomic E-state index is 13.8. The summed E-state index contributed by atoms with van der Waals surface area (Å²) in [5, 5.41) is 2.90. The number of nitrogens with one attached hydrogen (secondary N) is 1. The molecule has 0 spiro atoms. The number of nitrogens with zero attached hydrogens (tertiary/aromatic N) is 1. The normalized spacial score (nSPS) is 12.2. The van der Waals surface area contributed by atoms with Crippen molar-refractivity contribution >= 4 is 28.4 Å². The van der Waals surface area contributed by atoms with Gasteiger partial charge in [0, 0.05) is 18.1 Å². The van der Waals surface area contributed by atoms with Crippen molar-refractivity contribution in [1.29, 1.82) is 0 Å². The number of aryl methyl sites for hydroxylation is 1. The van der Waals surface area contributed by atoms with Crippen molar-refractivity contribution in [2.75, 3.05) is 0 Å². The first kappa shape index (κ1) is 18.1. The molecule has 0 radical (unpaired) electrons. The number of rotatable bonds is 4. The summed E-state index contributed by atoms with van der Waals surface area (Å²) in [6.07, 6.45) is 1.49. The number of carbonyl (C=O) groups excluding carboxylic acids is 1. The van der Waals surface area contributed by atoms with Gasteiger partial charge in [-0.15, -0.1) is 0 Å². The molecule has 0 aliphatic carbocycles. The van der Waals surface area contributed by atoms with Gasteiger partial charge in [-0.3, -0.25) is 9.59 Å². The molecule has 26 heavy (non-hydrogen) atoms. The minimum absolute atomic E-state index is 0.0242. The minimum Gasteiger partial charge on any atom is -0.347 e. The second-order valence-electron chi connectivity index (χ2n) is 6.05. The molecule has 0 aliphatic rings. The summed E-state index contributed by atoms with van der Waals surface area (Å²) >= 11 is 5.84. The standard InChI is InChI=1S/C20H18ClFN2O2/c1-3-24-11-15(19(25)14-9-17(22)16(21)10-18(14)24)20(26)23-12(2)13-7-5-4-6-8-13/h4-12H,3H2,1-2H3,(H,23,26). The maximum Gasteiger partial charge on any atom is 0.257 e. The molecule has 2 aromatic carbocycles. The van der Waals surface area contributed by atoms with Gasteiger partial charge in [-0.2, -0.15) is 0 Å². The number of benzene rings is 2. The Bertz CT molecular complexity index is 1030. The predicted octanol–water partition coefficient (Wildman–Crippen LogP) is 4.30. The van der Waals surface area contributed by atoms with Crippen molar-refractivity contribution in [3.8, 4) is 0 Å². The molecule has 0 bridgehead atoms. The van der Waals surface area contributed by atoms with E-state index in [9.17, 15) is 14.0 Å². The lowest BCUT2D eigenvalue weighted by Crippen LogP contribution is -2.31. The van der Waals surface area contributed by atoms with Gasteiger partial charge >= 0.3 is 0 Å². The molecule has 4 nitrogen and oxygen atoms in total. The summed E-state index contributed by atoms with van der Waals surface area (Å²) in [6.45, 7) is 4.22. The molecule has 3 aromatic rings. The second-order valence-corrected chi connectivity index (χ2v) is 6.45. The van der Waals surface area contributed by atoms with Gasteiger partial charge in [0.1, 0.15) is 11.4 Å². The van der Waals surface area contributed by atoms with Crippen molar-refractivity contribution in [2.24, 2.45) is 0 Å². The zero-order valence-corrected chi connectivity index (χ0v) is 15.2. The minimum atomic E-state index is -0.686. The third-order valence-corrected chi connectivity index (χ3v) is 4.64. The Labute approximate surface area is 155 Å². The first-order chi connectivity index (χ1) is 12.4. The SMILES string of the molecule is CCn1cc(C(=O)NC(C)c2ccccc2)c(=O)c2cc(F)c(Cl)cc21. The third kappa shape index (κ3) is 3.35. The van der Waals surface area contributed by atoms with Crippen LogP contribution in [-0.4, -0.2) is 10.5 Å². The lowest BCUT2D eigenvalue weighted by atomic mass is 10.1. The molecule has 1 amide bonds. The van der Waals surface area contributed by atoms with Gasteiger partial charge < -0.3 is 9.88 Å². The van der Waals surface area contributed by atoms with E-state index < -0.39 is 17.2 Å². The monoisotopic (exact) mass is 372 g/mol. The molecule has 1 N–H and O–H groups in total. The maximum atomic E-state index is 13.8. The van der Waals surface area contributed by atoms with E-state index in [0.717, 1.165) is 11.6 Å². The Morgan fingerprint density at radius 3 is 2.62 bits per heavy atom. The number of pyridine rings is 1. The summed E-state index contributed by atoms with van der Waals surface area (Å²) in [7, 11) is 0. The number of hydrogen-bond acceptors (Lipinski definition) is 2. The zero-order valence-electron chi connectivity index (χ0n) is 14.4. The van der Waals surface area contributed by atoms with Crippen LogP contribution >= 0.6 is 11.6 Å². The molecular formula is C20H18ClFN2O2. The van der Waals surface area contributed by atoms with E-state index in [4.69, 9.17) is 11.6 Å². The van der Waals surface area contributed by atoms with Gasteiger partial charge in [-0.25, -0.2) is 4.39 Å². The molecule has 134 valence electrons. The molecule has 3 rings (SSSR count). The quantitative estimate of drug-likeness (QED) is 0.742. The van der Waals surface area contributed by atoms with E-state index in [2.05, 4.69) is 5.32 Å². The van der Waals surface area contributed by atoms with Crippen LogP contribution in [0.5, 0.6) is 0 Å². The molecule has 0 saturated heterocycles. The summed E-state index contributed by atoms with van der Waals surface area (Å²) in [5.74, 6) is -1.18. The summed E-state index contributed by atoms with van der Waals surface area (Å²) < 4.78 is 15.6. The Hall–Kier alpha value is -2.66. The Kier molecular flexibility index (Phi) is 5.09. The van der Waals surface area contributed by atoms with Gasteiger partial charge in [0.25, 0.3) is 5.91 Å². The largest absolute Gasteiger partial charge is 0.347 e. The number of carbonyl (C=O) groups is 1.